The van der Waals surface area contributed by atoms with Crippen LogP contribution in [0.3, 0.4) is 0 Å². The van der Waals surface area contributed by atoms with Crippen molar-refractivity contribution < 1.29 is 27.1 Å². The SMILES string of the molecule is O=C(Nc1cccc(-c2ccnc(N[C@@H]3CCCC[C@H]3N[C@H]3CCCN(c4ccc(C(F)(F)F)cc4)C3)c2)c1)OCCF. The molecule has 3 aromatic rings. The third-order valence-electron chi connectivity index (χ3n) is 8.04. The monoisotopic (exact) mass is 599 g/mol. The molecule has 7 nitrogen and oxygen atoms in total. The highest BCUT2D eigenvalue weighted by molar-refractivity contribution is 5.86. The number of hydrogen-bond acceptors (Lipinski definition) is 6. The van der Waals surface area contributed by atoms with Gasteiger partial charge in [-0.05, 0) is 85.3 Å². The molecule has 1 saturated heterocycles. The van der Waals surface area contributed by atoms with Gasteiger partial charge in [-0.3, -0.25) is 5.32 Å². The second-order valence-electron chi connectivity index (χ2n) is 11.1. The summed E-state index contributed by atoms with van der Waals surface area (Å²) in [6, 6.07) is 17.3. The molecule has 0 bridgehead atoms. The smallest absolute Gasteiger partial charge is 0.416 e. The number of aromatic nitrogens is 1. The summed E-state index contributed by atoms with van der Waals surface area (Å²) >= 11 is 0. The summed E-state index contributed by atoms with van der Waals surface area (Å²) in [5.41, 5.74) is 2.54. The Morgan fingerprint density at radius 3 is 2.49 bits per heavy atom. The molecule has 1 aliphatic carbocycles. The topological polar surface area (TPSA) is 78.5 Å². The molecule has 1 amide bonds. The molecule has 0 spiro atoms. The van der Waals surface area contributed by atoms with E-state index in [0.717, 1.165) is 86.4 Å². The van der Waals surface area contributed by atoms with E-state index in [0.29, 0.717) is 5.69 Å². The van der Waals surface area contributed by atoms with E-state index in [9.17, 15) is 22.4 Å². The number of carbonyl (C=O) groups is 1. The zero-order valence-corrected chi connectivity index (χ0v) is 23.9. The number of nitrogens with zero attached hydrogens (tertiary/aromatic N) is 2. The predicted molar refractivity (Wildman–Crippen MR) is 160 cm³/mol. The number of carbonyl (C=O) groups excluding carboxylic acids is 1. The first-order valence-electron chi connectivity index (χ1n) is 14.8. The first-order chi connectivity index (χ1) is 20.8. The molecular formula is C32H37F4N5O2. The Hall–Kier alpha value is -3.86. The fourth-order valence-corrected chi connectivity index (χ4v) is 5.96. The highest BCUT2D eigenvalue weighted by Crippen LogP contribution is 2.32. The maximum Gasteiger partial charge on any atom is 0.416 e. The minimum absolute atomic E-state index is 0.177. The summed E-state index contributed by atoms with van der Waals surface area (Å²) in [5.74, 6) is 0.756. The molecule has 0 radical (unpaired) electrons. The van der Waals surface area contributed by atoms with Crippen LogP contribution in [0.2, 0.25) is 0 Å². The molecule has 3 N–H and O–H groups in total. The van der Waals surface area contributed by atoms with Crippen LogP contribution in [0.1, 0.15) is 44.1 Å². The average Bonchev–Trinajstić information content (AvgIpc) is 3.01. The Bertz CT molecular complexity index is 1350. The van der Waals surface area contributed by atoms with Gasteiger partial charge in [0.1, 0.15) is 19.1 Å². The van der Waals surface area contributed by atoms with Gasteiger partial charge in [0.2, 0.25) is 0 Å². The summed E-state index contributed by atoms with van der Waals surface area (Å²) in [6.07, 6.45) is 2.96. The normalized spacial score (nSPS) is 20.8. The number of rotatable bonds is 9. The molecule has 11 heteroatoms. The van der Waals surface area contributed by atoms with E-state index in [-0.39, 0.29) is 24.7 Å². The van der Waals surface area contributed by atoms with Crippen LogP contribution in [0.25, 0.3) is 11.1 Å². The van der Waals surface area contributed by atoms with E-state index in [1.807, 2.05) is 30.3 Å². The van der Waals surface area contributed by atoms with Crippen LogP contribution in [0.5, 0.6) is 0 Å². The Labute approximate surface area is 249 Å². The molecule has 2 heterocycles. The lowest BCUT2D eigenvalue weighted by atomic mass is 9.89. The quantitative estimate of drug-likeness (QED) is 0.225. The van der Waals surface area contributed by atoms with Gasteiger partial charge in [-0.15, -0.1) is 0 Å². The van der Waals surface area contributed by atoms with Gasteiger partial charge in [-0.25, -0.2) is 14.2 Å². The van der Waals surface area contributed by atoms with E-state index in [4.69, 9.17) is 4.74 Å². The van der Waals surface area contributed by atoms with Gasteiger partial charge in [-0.2, -0.15) is 13.2 Å². The maximum absolute atomic E-state index is 13.0. The highest BCUT2D eigenvalue weighted by atomic mass is 19.4. The van der Waals surface area contributed by atoms with E-state index < -0.39 is 24.5 Å². The number of hydrogen-bond donors (Lipinski definition) is 3. The molecule has 1 aliphatic heterocycles. The first kappa shape index (κ1) is 30.6. The Morgan fingerprint density at radius 2 is 1.72 bits per heavy atom. The summed E-state index contributed by atoms with van der Waals surface area (Å²) in [4.78, 5) is 18.6. The van der Waals surface area contributed by atoms with Crippen LogP contribution in [0.15, 0.2) is 66.9 Å². The van der Waals surface area contributed by atoms with E-state index in [1.54, 1.807) is 24.4 Å². The van der Waals surface area contributed by atoms with Crippen molar-refractivity contribution in [3.8, 4) is 11.1 Å². The molecule has 2 aromatic carbocycles. The fourth-order valence-electron chi connectivity index (χ4n) is 5.96. The fraction of sp³-hybridized carbons (Fsp3) is 0.438. The number of pyridine rings is 1. The molecule has 1 aromatic heterocycles. The van der Waals surface area contributed by atoms with Crippen molar-refractivity contribution >= 4 is 23.3 Å². The van der Waals surface area contributed by atoms with Crippen LogP contribution in [-0.2, 0) is 10.9 Å². The van der Waals surface area contributed by atoms with Crippen molar-refractivity contribution in [2.45, 2.75) is 62.8 Å². The summed E-state index contributed by atoms with van der Waals surface area (Å²) in [5, 5.41) is 10.1. The lowest BCUT2D eigenvalue weighted by Gasteiger charge is -2.40. The average molecular weight is 600 g/mol. The van der Waals surface area contributed by atoms with Crippen molar-refractivity contribution in [3.63, 3.8) is 0 Å². The minimum atomic E-state index is -4.34. The number of halogens is 4. The Balaban J connectivity index is 1.21. The van der Waals surface area contributed by atoms with Gasteiger partial charge in [0.25, 0.3) is 0 Å². The number of ether oxygens (including phenoxy) is 1. The number of benzene rings is 2. The second-order valence-corrected chi connectivity index (χ2v) is 11.1. The van der Waals surface area contributed by atoms with Crippen molar-refractivity contribution in [1.82, 2.24) is 10.3 Å². The lowest BCUT2D eigenvalue weighted by molar-refractivity contribution is -0.137. The Morgan fingerprint density at radius 1 is 0.953 bits per heavy atom. The molecule has 1 saturated carbocycles. The largest absolute Gasteiger partial charge is 0.447 e. The molecule has 2 fully saturated rings. The first-order valence-corrected chi connectivity index (χ1v) is 14.8. The second kappa shape index (κ2) is 14.1. The van der Waals surface area contributed by atoms with Crippen molar-refractivity contribution in [2.75, 3.05) is 41.9 Å². The van der Waals surface area contributed by atoms with E-state index in [1.165, 1.54) is 0 Å². The van der Waals surface area contributed by atoms with Gasteiger partial charge in [-0.1, -0.05) is 25.0 Å². The number of alkyl halides is 4. The van der Waals surface area contributed by atoms with Crippen LogP contribution < -0.4 is 20.9 Å². The van der Waals surface area contributed by atoms with Crippen molar-refractivity contribution in [3.05, 3.63) is 72.4 Å². The van der Waals surface area contributed by atoms with E-state index in [2.05, 4.69) is 25.8 Å². The van der Waals surface area contributed by atoms with Crippen LogP contribution in [0, 0.1) is 0 Å². The standard InChI is InChI=1S/C32H37F4N5O2/c33-15-18-43-31(42)39-25-6-3-5-22(19-25)23-14-16-37-30(20-23)40-29-9-2-1-8-28(29)38-26-7-4-17-41(21-26)27-12-10-24(11-13-27)32(34,35)36/h3,5-6,10-14,16,19-20,26,28-29,38H,1-2,4,7-9,15,17-18,21H2,(H,37,40)(H,39,42)/t26-,28+,29+/m0/s1. The summed E-state index contributed by atoms with van der Waals surface area (Å²) in [7, 11) is 0. The molecule has 5 rings (SSSR count). The molecule has 3 atom stereocenters. The molecule has 43 heavy (non-hydrogen) atoms. The zero-order valence-electron chi connectivity index (χ0n) is 23.9. The number of nitrogens with one attached hydrogen (secondary N) is 3. The van der Waals surface area contributed by atoms with Gasteiger partial charge in [0, 0.05) is 48.8 Å². The molecule has 230 valence electrons. The van der Waals surface area contributed by atoms with Gasteiger partial charge in [0.15, 0.2) is 0 Å². The minimum Gasteiger partial charge on any atom is -0.447 e. The summed E-state index contributed by atoms with van der Waals surface area (Å²) < 4.78 is 56.1. The number of piperidine rings is 1. The lowest BCUT2D eigenvalue weighted by Crippen LogP contribution is -2.55. The van der Waals surface area contributed by atoms with Crippen molar-refractivity contribution in [1.29, 1.82) is 0 Å². The number of amides is 1. The van der Waals surface area contributed by atoms with Gasteiger partial charge >= 0.3 is 12.3 Å². The van der Waals surface area contributed by atoms with Crippen LogP contribution in [0.4, 0.5) is 39.5 Å². The predicted octanol–water partition coefficient (Wildman–Crippen LogP) is 7.27. The third kappa shape index (κ3) is 8.37. The van der Waals surface area contributed by atoms with E-state index >= 15 is 0 Å². The Kier molecular flexibility index (Phi) is 10.0. The zero-order chi connectivity index (χ0) is 30.2. The number of anilines is 3. The summed E-state index contributed by atoms with van der Waals surface area (Å²) in [6.45, 7) is 0.537. The van der Waals surface area contributed by atoms with Crippen molar-refractivity contribution in [2.24, 2.45) is 0 Å². The third-order valence-corrected chi connectivity index (χ3v) is 8.04. The van der Waals surface area contributed by atoms with Gasteiger partial charge in [0.05, 0.1) is 5.56 Å². The molecular weight excluding hydrogens is 562 g/mol. The molecule has 2 aliphatic rings. The molecule has 0 unspecified atom stereocenters. The van der Waals surface area contributed by atoms with Gasteiger partial charge < -0.3 is 20.3 Å². The maximum atomic E-state index is 13.0. The van der Waals surface area contributed by atoms with Crippen LogP contribution in [-0.4, -0.2) is 55.6 Å². The van der Waals surface area contributed by atoms with Crippen LogP contribution >= 0.6 is 0 Å². The highest BCUT2D eigenvalue weighted by Gasteiger charge is 2.32.